The van der Waals surface area contributed by atoms with Crippen LogP contribution in [0.25, 0.3) is 0 Å². The number of rotatable bonds is 0. The zero-order valence-corrected chi connectivity index (χ0v) is 10.7. The fourth-order valence-corrected chi connectivity index (χ4v) is 2.50. The van der Waals surface area contributed by atoms with Crippen LogP contribution in [0.2, 0.25) is 0 Å². The van der Waals surface area contributed by atoms with Gasteiger partial charge in [-0.1, -0.05) is 23.8 Å². The van der Waals surface area contributed by atoms with E-state index in [1.54, 1.807) is 0 Å². The third-order valence-corrected chi connectivity index (χ3v) is 3.66. The number of hydrogen-bond acceptors (Lipinski definition) is 2. The van der Waals surface area contributed by atoms with Gasteiger partial charge in [-0.3, -0.25) is 0 Å². The van der Waals surface area contributed by atoms with Gasteiger partial charge in [0.05, 0.1) is 0 Å². The normalized spacial score (nSPS) is 30.2. The second kappa shape index (κ2) is 4.91. The maximum absolute atomic E-state index is 11.6. The van der Waals surface area contributed by atoms with Crippen molar-refractivity contribution in [3.8, 4) is 0 Å². The van der Waals surface area contributed by atoms with Crippen LogP contribution in [0.15, 0.2) is 35.5 Å². The molecule has 0 aromatic carbocycles. The SMILES string of the molecule is C=C1C(=O)OC2C=C(C)CCCC(C)=CCC12. The molecular formula is C15H20O2. The Kier molecular flexibility index (Phi) is 3.51. The molecular weight excluding hydrogens is 212 g/mol. The maximum atomic E-state index is 11.6. The molecule has 0 saturated carbocycles. The van der Waals surface area contributed by atoms with Crippen molar-refractivity contribution >= 4 is 5.97 Å². The highest BCUT2D eigenvalue weighted by molar-refractivity contribution is 5.91. The first-order valence-electron chi connectivity index (χ1n) is 6.30. The Balaban J connectivity index is 2.26. The van der Waals surface area contributed by atoms with E-state index in [1.165, 1.54) is 17.6 Å². The number of ether oxygens (including phenoxy) is 1. The number of fused-ring (bicyclic) bond motifs is 1. The molecule has 2 nitrogen and oxygen atoms in total. The maximum Gasteiger partial charge on any atom is 0.334 e. The van der Waals surface area contributed by atoms with E-state index >= 15 is 0 Å². The molecule has 0 N–H and O–H groups in total. The zero-order chi connectivity index (χ0) is 12.4. The fraction of sp³-hybridized carbons (Fsp3) is 0.533. The molecule has 92 valence electrons. The van der Waals surface area contributed by atoms with Crippen molar-refractivity contribution in [3.05, 3.63) is 35.5 Å². The number of carbonyl (C=O) groups excluding carboxylic acids is 1. The Morgan fingerprint density at radius 1 is 1.29 bits per heavy atom. The largest absolute Gasteiger partial charge is 0.454 e. The summed E-state index contributed by atoms with van der Waals surface area (Å²) in [7, 11) is 0. The van der Waals surface area contributed by atoms with Crippen molar-refractivity contribution in [2.24, 2.45) is 5.92 Å². The van der Waals surface area contributed by atoms with Gasteiger partial charge in [-0.25, -0.2) is 4.79 Å². The molecule has 1 fully saturated rings. The van der Waals surface area contributed by atoms with E-state index in [4.69, 9.17) is 4.74 Å². The minimum Gasteiger partial charge on any atom is -0.454 e. The first-order chi connectivity index (χ1) is 8.08. The third kappa shape index (κ3) is 2.68. The van der Waals surface area contributed by atoms with Gasteiger partial charge in [0.2, 0.25) is 0 Å². The Bertz CT molecular complexity index is 401. The predicted molar refractivity (Wildman–Crippen MR) is 68.5 cm³/mol. The lowest BCUT2D eigenvalue weighted by atomic mass is 9.89. The number of hydrogen-bond donors (Lipinski definition) is 0. The van der Waals surface area contributed by atoms with Gasteiger partial charge in [-0.15, -0.1) is 0 Å². The minimum absolute atomic E-state index is 0.0999. The van der Waals surface area contributed by atoms with Crippen LogP contribution in [-0.4, -0.2) is 12.1 Å². The molecule has 2 heteroatoms. The second-order valence-electron chi connectivity index (χ2n) is 5.15. The van der Waals surface area contributed by atoms with Crippen LogP contribution in [0.4, 0.5) is 0 Å². The molecule has 1 saturated heterocycles. The smallest absolute Gasteiger partial charge is 0.334 e. The molecule has 0 bridgehead atoms. The molecule has 17 heavy (non-hydrogen) atoms. The summed E-state index contributed by atoms with van der Waals surface area (Å²) in [5.74, 6) is -0.0974. The van der Waals surface area contributed by atoms with E-state index in [2.05, 4.69) is 32.6 Å². The van der Waals surface area contributed by atoms with Gasteiger partial charge in [0.1, 0.15) is 6.10 Å². The van der Waals surface area contributed by atoms with Crippen molar-refractivity contribution < 1.29 is 9.53 Å². The molecule has 2 atom stereocenters. The van der Waals surface area contributed by atoms with E-state index in [9.17, 15) is 4.79 Å². The van der Waals surface area contributed by atoms with Crippen molar-refractivity contribution in [3.63, 3.8) is 0 Å². The van der Waals surface area contributed by atoms with Crippen molar-refractivity contribution in [1.82, 2.24) is 0 Å². The minimum atomic E-state index is -0.227. The summed E-state index contributed by atoms with van der Waals surface area (Å²) in [6, 6.07) is 0. The van der Waals surface area contributed by atoms with E-state index < -0.39 is 0 Å². The lowest BCUT2D eigenvalue weighted by molar-refractivity contribution is -0.137. The molecule has 0 aromatic rings. The van der Waals surface area contributed by atoms with Crippen LogP contribution in [0.3, 0.4) is 0 Å². The second-order valence-corrected chi connectivity index (χ2v) is 5.15. The highest BCUT2D eigenvalue weighted by Crippen LogP contribution is 2.33. The zero-order valence-electron chi connectivity index (χ0n) is 10.7. The molecule has 0 amide bonds. The van der Waals surface area contributed by atoms with Crippen molar-refractivity contribution in [2.45, 2.75) is 45.6 Å². The first kappa shape index (κ1) is 12.2. The molecule has 1 aliphatic heterocycles. The summed E-state index contributed by atoms with van der Waals surface area (Å²) >= 11 is 0. The lowest BCUT2D eigenvalue weighted by Gasteiger charge is -2.16. The highest BCUT2D eigenvalue weighted by atomic mass is 16.5. The Labute approximate surface area is 103 Å². The van der Waals surface area contributed by atoms with Crippen LogP contribution in [-0.2, 0) is 9.53 Å². The highest BCUT2D eigenvalue weighted by Gasteiger charge is 2.36. The summed E-state index contributed by atoms with van der Waals surface area (Å²) in [6.07, 6.45) is 8.51. The monoisotopic (exact) mass is 232 g/mol. The molecule has 0 aromatic heterocycles. The summed E-state index contributed by atoms with van der Waals surface area (Å²) in [5, 5.41) is 0. The van der Waals surface area contributed by atoms with Crippen LogP contribution in [0, 0.1) is 5.92 Å². The van der Waals surface area contributed by atoms with Crippen molar-refractivity contribution in [2.75, 3.05) is 0 Å². The van der Waals surface area contributed by atoms with Crippen LogP contribution >= 0.6 is 0 Å². The number of carbonyl (C=O) groups is 1. The van der Waals surface area contributed by atoms with Crippen LogP contribution < -0.4 is 0 Å². The predicted octanol–water partition coefficient (Wildman–Crippen LogP) is 3.55. The Morgan fingerprint density at radius 3 is 2.76 bits per heavy atom. The van der Waals surface area contributed by atoms with E-state index in [0.717, 1.165) is 19.3 Å². The van der Waals surface area contributed by atoms with Gasteiger partial charge in [-0.05, 0) is 45.6 Å². The average Bonchev–Trinajstić information content (AvgIpc) is 2.52. The summed E-state index contributed by atoms with van der Waals surface area (Å²) in [5.41, 5.74) is 3.35. The van der Waals surface area contributed by atoms with E-state index in [1.807, 2.05) is 0 Å². The quantitative estimate of drug-likeness (QED) is 0.363. The first-order valence-corrected chi connectivity index (χ1v) is 6.30. The van der Waals surface area contributed by atoms with Crippen LogP contribution in [0.5, 0.6) is 0 Å². The standard InChI is InChI=1S/C15H20O2/c1-10-5-4-6-11(2)9-14-13(8-7-10)12(3)15(16)17-14/h7,9,13-14H,3-6,8H2,1-2H3. The molecule has 2 rings (SSSR count). The van der Waals surface area contributed by atoms with Gasteiger partial charge in [0.25, 0.3) is 0 Å². The summed E-state index contributed by atoms with van der Waals surface area (Å²) in [6.45, 7) is 8.14. The van der Waals surface area contributed by atoms with Gasteiger partial charge >= 0.3 is 5.97 Å². The molecule has 0 radical (unpaired) electrons. The molecule has 1 heterocycles. The average molecular weight is 232 g/mol. The van der Waals surface area contributed by atoms with Crippen molar-refractivity contribution in [1.29, 1.82) is 0 Å². The number of allylic oxidation sites excluding steroid dienone is 3. The Hall–Kier alpha value is -1.31. The van der Waals surface area contributed by atoms with Gasteiger partial charge < -0.3 is 4.74 Å². The Morgan fingerprint density at radius 2 is 2.00 bits per heavy atom. The van der Waals surface area contributed by atoms with E-state index in [-0.39, 0.29) is 18.0 Å². The topological polar surface area (TPSA) is 26.3 Å². The molecule has 1 aliphatic carbocycles. The molecule has 2 unspecified atom stereocenters. The third-order valence-electron chi connectivity index (χ3n) is 3.66. The molecule has 0 spiro atoms. The van der Waals surface area contributed by atoms with Gasteiger partial charge in [-0.2, -0.15) is 0 Å². The number of esters is 1. The lowest BCUT2D eigenvalue weighted by Crippen LogP contribution is -2.14. The van der Waals surface area contributed by atoms with E-state index in [0.29, 0.717) is 5.57 Å². The van der Waals surface area contributed by atoms with Crippen LogP contribution in [0.1, 0.15) is 39.5 Å². The summed E-state index contributed by atoms with van der Waals surface area (Å²) in [4.78, 5) is 11.6. The fourth-order valence-electron chi connectivity index (χ4n) is 2.50. The van der Waals surface area contributed by atoms with Gasteiger partial charge in [0.15, 0.2) is 0 Å². The molecule has 2 aliphatic rings. The van der Waals surface area contributed by atoms with Gasteiger partial charge in [0, 0.05) is 11.5 Å². The summed E-state index contributed by atoms with van der Waals surface area (Å²) < 4.78 is 5.37.